The average molecular weight is 465 g/mol. The van der Waals surface area contributed by atoms with Crippen LogP contribution in [0.3, 0.4) is 0 Å². The van der Waals surface area contributed by atoms with E-state index in [0.29, 0.717) is 37.6 Å². The highest BCUT2D eigenvalue weighted by Gasteiger charge is 2.29. The third-order valence-corrected chi connectivity index (χ3v) is 6.59. The van der Waals surface area contributed by atoms with Crippen molar-refractivity contribution in [2.24, 2.45) is 13.0 Å². The van der Waals surface area contributed by atoms with E-state index in [2.05, 4.69) is 15.4 Å². The quantitative estimate of drug-likeness (QED) is 0.601. The summed E-state index contributed by atoms with van der Waals surface area (Å²) in [6.07, 6.45) is 2.52. The molecule has 1 N–H and O–H groups in total. The van der Waals surface area contributed by atoms with Gasteiger partial charge in [0.15, 0.2) is 5.65 Å². The summed E-state index contributed by atoms with van der Waals surface area (Å²) < 4.78 is 7.16. The van der Waals surface area contributed by atoms with Crippen LogP contribution in [-0.4, -0.2) is 56.7 Å². The molecule has 3 aromatic rings. The topological polar surface area (TPSA) is 102 Å². The van der Waals surface area contributed by atoms with Crippen LogP contribution in [0.25, 0.3) is 11.0 Å². The number of nitrogens with zero attached hydrogens (tertiary/aromatic N) is 5. The summed E-state index contributed by atoms with van der Waals surface area (Å²) in [6.45, 7) is 6.99. The average Bonchev–Trinajstić information content (AvgIpc) is 3.14. The van der Waals surface area contributed by atoms with Crippen LogP contribution in [0.2, 0.25) is 0 Å². The molecule has 1 atom stereocenters. The Kier molecular flexibility index (Phi) is 6.81. The first-order chi connectivity index (χ1) is 16.3. The summed E-state index contributed by atoms with van der Waals surface area (Å²) in [5, 5.41) is 8.18. The van der Waals surface area contributed by atoms with Crippen molar-refractivity contribution in [3.63, 3.8) is 0 Å². The molecule has 180 valence electrons. The SMILES string of the molecule is COc1nn(C)c2nc(C)c(CCC(=O)N3CCCC(C(=O)Nc4cccc(C)n4)C3)c(C)c12. The standard InChI is InChI=1S/C25H32N6O3/c1-15-8-6-10-20(26-15)28-24(33)18-9-7-13-31(14-18)21(32)12-11-19-16(2)22-23(27-17(19)3)30(4)29-25(22)34-5/h6,8,10,18H,7,9,11-14H2,1-5H3,(H,26,28,33). The summed E-state index contributed by atoms with van der Waals surface area (Å²) in [5.74, 6) is 0.834. The molecule has 2 amide bonds. The number of rotatable bonds is 6. The maximum atomic E-state index is 13.1. The van der Waals surface area contributed by atoms with Crippen LogP contribution in [0.15, 0.2) is 18.2 Å². The Morgan fingerprint density at radius 2 is 2.00 bits per heavy atom. The molecular formula is C25H32N6O3. The maximum absolute atomic E-state index is 13.1. The van der Waals surface area contributed by atoms with Gasteiger partial charge in [-0.2, -0.15) is 0 Å². The molecule has 9 nitrogen and oxygen atoms in total. The van der Waals surface area contributed by atoms with Gasteiger partial charge in [0.05, 0.1) is 18.4 Å². The Morgan fingerprint density at radius 1 is 1.21 bits per heavy atom. The maximum Gasteiger partial charge on any atom is 0.242 e. The fourth-order valence-corrected chi connectivity index (χ4v) is 4.76. The van der Waals surface area contributed by atoms with E-state index in [1.807, 2.05) is 44.9 Å². The molecule has 1 saturated heterocycles. The zero-order chi connectivity index (χ0) is 24.4. The number of aryl methyl sites for hydroxylation is 4. The minimum atomic E-state index is -0.235. The fraction of sp³-hybridized carbons (Fsp3) is 0.480. The molecule has 1 fully saturated rings. The van der Waals surface area contributed by atoms with Crippen molar-refractivity contribution in [2.45, 2.75) is 46.5 Å². The van der Waals surface area contributed by atoms with Crippen molar-refractivity contribution in [2.75, 3.05) is 25.5 Å². The molecule has 3 aromatic heterocycles. The van der Waals surface area contributed by atoms with Crippen molar-refractivity contribution >= 4 is 28.7 Å². The zero-order valence-corrected chi connectivity index (χ0v) is 20.5. The van der Waals surface area contributed by atoms with Gasteiger partial charge >= 0.3 is 0 Å². The van der Waals surface area contributed by atoms with Gasteiger partial charge in [0.1, 0.15) is 5.82 Å². The molecule has 0 aromatic carbocycles. The number of carbonyl (C=O) groups excluding carboxylic acids is 2. The summed E-state index contributed by atoms with van der Waals surface area (Å²) in [5.41, 5.74) is 4.60. The van der Waals surface area contributed by atoms with Crippen molar-refractivity contribution < 1.29 is 14.3 Å². The van der Waals surface area contributed by atoms with Gasteiger partial charge in [0, 0.05) is 37.9 Å². The number of methoxy groups -OCH3 is 1. The predicted molar refractivity (Wildman–Crippen MR) is 130 cm³/mol. The monoisotopic (exact) mass is 464 g/mol. The largest absolute Gasteiger partial charge is 0.479 e. The van der Waals surface area contributed by atoms with E-state index in [4.69, 9.17) is 9.72 Å². The second kappa shape index (κ2) is 9.79. The second-order valence-corrected chi connectivity index (χ2v) is 8.96. The molecular weight excluding hydrogens is 432 g/mol. The number of likely N-dealkylation sites (tertiary alicyclic amines) is 1. The minimum Gasteiger partial charge on any atom is -0.479 e. The summed E-state index contributed by atoms with van der Waals surface area (Å²) >= 11 is 0. The first kappa shape index (κ1) is 23.7. The lowest BCUT2D eigenvalue weighted by atomic mass is 9.96. The van der Waals surface area contributed by atoms with E-state index in [0.717, 1.165) is 46.4 Å². The zero-order valence-electron chi connectivity index (χ0n) is 20.5. The van der Waals surface area contributed by atoms with Crippen LogP contribution in [0.1, 0.15) is 41.8 Å². The van der Waals surface area contributed by atoms with E-state index >= 15 is 0 Å². The number of pyridine rings is 2. The van der Waals surface area contributed by atoms with Crippen LogP contribution in [0, 0.1) is 26.7 Å². The Labute approximate surface area is 199 Å². The van der Waals surface area contributed by atoms with Crippen molar-refractivity contribution in [1.29, 1.82) is 0 Å². The van der Waals surface area contributed by atoms with Crippen LogP contribution < -0.4 is 10.1 Å². The Morgan fingerprint density at radius 3 is 2.74 bits per heavy atom. The molecule has 0 bridgehead atoms. The van der Waals surface area contributed by atoms with Crippen molar-refractivity contribution in [3.05, 3.63) is 40.7 Å². The van der Waals surface area contributed by atoms with E-state index < -0.39 is 0 Å². The van der Waals surface area contributed by atoms with Gasteiger partial charge in [0.2, 0.25) is 17.7 Å². The number of nitrogens with one attached hydrogen (secondary N) is 1. The highest BCUT2D eigenvalue weighted by Crippen LogP contribution is 2.30. The Bertz CT molecular complexity index is 1240. The first-order valence-corrected chi connectivity index (χ1v) is 11.7. The van der Waals surface area contributed by atoms with Crippen molar-refractivity contribution in [1.82, 2.24) is 24.6 Å². The number of amides is 2. The van der Waals surface area contributed by atoms with E-state index in [1.54, 1.807) is 17.9 Å². The predicted octanol–water partition coefficient (Wildman–Crippen LogP) is 3.11. The van der Waals surface area contributed by atoms with Crippen LogP contribution >= 0.6 is 0 Å². The number of hydrogen-bond donors (Lipinski definition) is 1. The number of carbonyl (C=O) groups is 2. The lowest BCUT2D eigenvalue weighted by molar-refractivity contribution is -0.134. The molecule has 0 aliphatic carbocycles. The van der Waals surface area contributed by atoms with Gasteiger partial charge < -0.3 is 15.0 Å². The molecule has 0 spiro atoms. The van der Waals surface area contributed by atoms with Gasteiger partial charge in [-0.15, -0.1) is 5.10 Å². The molecule has 0 radical (unpaired) electrons. The normalized spacial score (nSPS) is 16.0. The van der Waals surface area contributed by atoms with Gasteiger partial charge in [-0.1, -0.05) is 6.07 Å². The molecule has 4 rings (SSSR count). The highest BCUT2D eigenvalue weighted by molar-refractivity contribution is 5.92. The van der Waals surface area contributed by atoms with Gasteiger partial charge in [-0.25, -0.2) is 14.6 Å². The smallest absolute Gasteiger partial charge is 0.242 e. The minimum absolute atomic E-state index is 0.0585. The molecule has 4 heterocycles. The molecule has 1 aliphatic heterocycles. The third-order valence-electron chi connectivity index (χ3n) is 6.59. The number of aromatic nitrogens is 4. The van der Waals surface area contributed by atoms with E-state index in [9.17, 15) is 9.59 Å². The number of anilines is 1. The number of ether oxygens (including phenoxy) is 1. The lowest BCUT2D eigenvalue weighted by Gasteiger charge is -2.32. The summed E-state index contributed by atoms with van der Waals surface area (Å²) in [4.78, 5) is 36.7. The van der Waals surface area contributed by atoms with Crippen LogP contribution in [0.4, 0.5) is 5.82 Å². The second-order valence-electron chi connectivity index (χ2n) is 8.96. The Balaban J connectivity index is 1.42. The fourth-order valence-electron chi connectivity index (χ4n) is 4.76. The van der Waals surface area contributed by atoms with E-state index in [1.165, 1.54) is 0 Å². The Hall–Kier alpha value is -3.49. The molecule has 1 unspecified atom stereocenters. The van der Waals surface area contributed by atoms with Gasteiger partial charge in [-0.05, 0) is 63.3 Å². The van der Waals surface area contributed by atoms with Crippen molar-refractivity contribution in [3.8, 4) is 5.88 Å². The first-order valence-electron chi connectivity index (χ1n) is 11.7. The molecule has 0 saturated carbocycles. The highest BCUT2D eigenvalue weighted by atomic mass is 16.5. The molecule has 1 aliphatic rings. The molecule has 9 heteroatoms. The lowest BCUT2D eigenvalue weighted by Crippen LogP contribution is -2.44. The summed E-state index contributed by atoms with van der Waals surface area (Å²) in [7, 11) is 3.44. The van der Waals surface area contributed by atoms with Crippen LogP contribution in [-0.2, 0) is 23.1 Å². The number of piperidine rings is 1. The van der Waals surface area contributed by atoms with Gasteiger partial charge in [0.25, 0.3) is 0 Å². The third kappa shape index (κ3) is 4.73. The van der Waals surface area contributed by atoms with Gasteiger partial charge in [-0.3, -0.25) is 9.59 Å². The molecule has 34 heavy (non-hydrogen) atoms. The number of hydrogen-bond acceptors (Lipinski definition) is 6. The number of fused-ring (bicyclic) bond motifs is 1. The van der Waals surface area contributed by atoms with Crippen LogP contribution in [0.5, 0.6) is 5.88 Å². The van der Waals surface area contributed by atoms with E-state index in [-0.39, 0.29) is 17.7 Å². The summed E-state index contributed by atoms with van der Waals surface area (Å²) in [6, 6.07) is 5.53.